The number of rotatable bonds is 3. The lowest BCUT2D eigenvalue weighted by Crippen LogP contribution is -2.15. The van der Waals surface area contributed by atoms with Crippen molar-refractivity contribution in [3.63, 3.8) is 0 Å². The molecule has 0 heterocycles. The lowest BCUT2D eigenvalue weighted by molar-refractivity contribution is 0.340. The molecule has 4 N–H and O–H groups in total. The van der Waals surface area contributed by atoms with E-state index in [-0.39, 0.29) is 0 Å². The SMILES string of the molecule is CCOc1cccc(C(N)=NN)c1. The van der Waals surface area contributed by atoms with E-state index < -0.39 is 0 Å². The number of nitrogens with zero attached hydrogens (tertiary/aromatic N) is 1. The largest absolute Gasteiger partial charge is 0.494 e. The van der Waals surface area contributed by atoms with Crippen LogP contribution in [0, 0.1) is 0 Å². The van der Waals surface area contributed by atoms with Crippen molar-refractivity contribution in [3.05, 3.63) is 29.8 Å². The smallest absolute Gasteiger partial charge is 0.150 e. The quantitative estimate of drug-likeness (QED) is 0.310. The van der Waals surface area contributed by atoms with Crippen LogP contribution in [0.2, 0.25) is 0 Å². The predicted molar refractivity (Wildman–Crippen MR) is 52.5 cm³/mol. The molecule has 70 valence electrons. The van der Waals surface area contributed by atoms with E-state index in [2.05, 4.69) is 5.10 Å². The van der Waals surface area contributed by atoms with Crippen LogP contribution >= 0.6 is 0 Å². The molecule has 0 amide bonds. The molecule has 0 atom stereocenters. The molecule has 0 fully saturated rings. The second kappa shape index (κ2) is 4.35. The number of amidine groups is 1. The van der Waals surface area contributed by atoms with Gasteiger partial charge in [-0.25, -0.2) is 0 Å². The van der Waals surface area contributed by atoms with E-state index >= 15 is 0 Å². The first kappa shape index (κ1) is 9.38. The molecule has 0 bridgehead atoms. The molecule has 0 aromatic heterocycles. The summed E-state index contributed by atoms with van der Waals surface area (Å²) in [5.74, 6) is 6.13. The van der Waals surface area contributed by atoms with Crippen LogP contribution in [0.5, 0.6) is 5.75 Å². The Morgan fingerprint density at radius 2 is 2.31 bits per heavy atom. The summed E-state index contributed by atoms with van der Waals surface area (Å²) < 4.78 is 5.29. The number of benzene rings is 1. The van der Waals surface area contributed by atoms with Gasteiger partial charge in [0.1, 0.15) is 11.6 Å². The van der Waals surface area contributed by atoms with Gasteiger partial charge >= 0.3 is 0 Å². The topological polar surface area (TPSA) is 73.6 Å². The Morgan fingerprint density at radius 3 is 2.92 bits per heavy atom. The van der Waals surface area contributed by atoms with Gasteiger partial charge in [0.15, 0.2) is 0 Å². The van der Waals surface area contributed by atoms with Crippen LogP contribution in [-0.4, -0.2) is 12.4 Å². The van der Waals surface area contributed by atoms with Gasteiger partial charge in [0.05, 0.1) is 6.61 Å². The van der Waals surface area contributed by atoms with Crippen molar-refractivity contribution in [2.45, 2.75) is 6.92 Å². The van der Waals surface area contributed by atoms with Crippen LogP contribution in [0.25, 0.3) is 0 Å². The van der Waals surface area contributed by atoms with Gasteiger partial charge in [0, 0.05) is 5.56 Å². The lowest BCUT2D eigenvalue weighted by Gasteiger charge is -2.04. The van der Waals surface area contributed by atoms with Crippen LogP contribution in [0.15, 0.2) is 29.4 Å². The number of ether oxygens (including phenoxy) is 1. The van der Waals surface area contributed by atoms with Gasteiger partial charge in [-0.3, -0.25) is 0 Å². The highest BCUT2D eigenvalue weighted by Gasteiger charge is 1.99. The molecule has 0 aliphatic carbocycles. The zero-order chi connectivity index (χ0) is 9.68. The van der Waals surface area contributed by atoms with E-state index in [1.807, 2.05) is 25.1 Å². The van der Waals surface area contributed by atoms with E-state index in [0.717, 1.165) is 11.3 Å². The second-order valence-corrected chi connectivity index (χ2v) is 2.48. The van der Waals surface area contributed by atoms with Gasteiger partial charge in [-0.15, -0.1) is 0 Å². The highest BCUT2D eigenvalue weighted by Crippen LogP contribution is 2.12. The zero-order valence-corrected chi connectivity index (χ0v) is 7.53. The third-order valence-corrected chi connectivity index (χ3v) is 1.58. The molecule has 1 rings (SSSR count). The minimum Gasteiger partial charge on any atom is -0.494 e. The normalized spacial score (nSPS) is 11.3. The maximum atomic E-state index is 5.53. The van der Waals surface area contributed by atoms with Crippen molar-refractivity contribution in [2.24, 2.45) is 16.7 Å². The van der Waals surface area contributed by atoms with Crippen LogP contribution < -0.4 is 16.3 Å². The average molecular weight is 179 g/mol. The number of hydrazone groups is 1. The Hall–Kier alpha value is -1.71. The number of hydrogen-bond donors (Lipinski definition) is 2. The molecule has 0 unspecified atom stereocenters. The van der Waals surface area contributed by atoms with Crippen LogP contribution in [0.4, 0.5) is 0 Å². The molecule has 1 aromatic carbocycles. The first-order valence-electron chi connectivity index (χ1n) is 4.04. The first-order chi connectivity index (χ1) is 6.27. The van der Waals surface area contributed by atoms with Crippen molar-refractivity contribution >= 4 is 5.84 Å². The Labute approximate surface area is 77.2 Å². The van der Waals surface area contributed by atoms with Gasteiger partial charge in [-0.1, -0.05) is 12.1 Å². The standard InChI is InChI=1S/C9H13N3O/c1-2-13-8-5-3-4-7(6-8)9(10)12-11/h3-6H,2,11H2,1H3,(H2,10,12). The molecule has 0 aliphatic rings. The fourth-order valence-corrected chi connectivity index (χ4v) is 0.986. The van der Waals surface area contributed by atoms with E-state index in [1.165, 1.54) is 0 Å². The Kier molecular flexibility index (Phi) is 3.14. The minimum absolute atomic E-state index is 0.307. The molecule has 13 heavy (non-hydrogen) atoms. The molecular formula is C9H13N3O. The molecule has 0 radical (unpaired) electrons. The van der Waals surface area contributed by atoms with Gasteiger partial charge in [0.25, 0.3) is 0 Å². The maximum absolute atomic E-state index is 5.53. The first-order valence-corrected chi connectivity index (χ1v) is 4.04. The van der Waals surface area contributed by atoms with E-state index in [0.29, 0.717) is 12.4 Å². The molecule has 4 heteroatoms. The molecular weight excluding hydrogens is 166 g/mol. The molecule has 0 aliphatic heterocycles. The van der Waals surface area contributed by atoms with Crippen molar-refractivity contribution in [1.29, 1.82) is 0 Å². The highest BCUT2D eigenvalue weighted by atomic mass is 16.5. The Bertz CT molecular complexity index is 309. The predicted octanol–water partition coefficient (Wildman–Crippen LogP) is 0.664. The van der Waals surface area contributed by atoms with Crippen molar-refractivity contribution < 1.29 is 4.74 Å². The van der Waals surface area contributed by atoms with Crippen molar-refractivity contribution in [3.8, 4) is 5.75 Å². The fourth-order valence-electron chi connectivity index (χ4n) is 0.986. The van der Waals surface area contributed by atoms with Crippen LogP contribution in [-0.2, 0) is 0 Å². The maximum Gasteiger partial charge on any atom is 0.150 e. The Morgan fingerprint density at radius 1 is 1.54 bits per heavy atom. The molecule has 4 nitrogen and oxygen atoms in total. The van der Waals surface area contributed by atoms with E-state index in [4.69, 9.17) is 16.3 Å². The molecule has 0 saturated heterocycles. The van der Waals surface area contributed by atoms with Gasteiger partial charge in [-0.2, -0.15) is 5.10 Å². The summed E-state index contributed by atoms with van der Waals surface area (Å²) in [6.07, 6.45) is 0. The lowest BCUT2D eigenvalue weighted by atomic mass is 10.2. The third-order valence-electron chi connectivity index (χ3n) is 1.58. The summed E-state index contributed by atoms with van der Waals surface area (Å²) in [5.41, 5.74) is 6.30. The molecule has 0 saturated carbocycles. The fraction of sp³-hybridized carbons (Fsp3) is 0.222. The number of hydrogen-bond acceptors (Lipinski definition) is 3. The highest BCUT2D eigenvalue weighted by molar-refractivity contribution is 5.97. The van der Waals surface area contributed by atoms with E-state index in [9.17, 15) is 0 Å². The van der Waals surface area contributed by atoms with Gasteiger partial charge in [-0.05, 0) is 19.1 Å². The second-order valence-electron chi connectivity index (χ2n) is 2.48. The summed E-state index contributed by atoms with van der Waals surface area (Å²) in [5, 5.41) is 3.40. The average Bonchev–Trinajstić information content (AvgIpc) is 2.18. The van der Waals surface area contributed by atoms with E-state index in [1.54, 1.807) is 6.07 Å². The van der Waals surface area contributed by atoms with Crippen LogP contribution in [0.3, 0.4) is 0 Å². The van der Waals surface area contributed by atoms with Gasteiger partial charge < -0.3 is 16.3 Å². The third kappa shape index (κ3) is 2.37. The summed E-state index contributed by atoms with van der Waals surface area (Å²) in [6.45, 7) is 2.55. The van der Waals surface area contributed by atoms with Crippen molar-refractivity contribution in [1.82, 2.24) is 0 Å². The zero-order valence-electron chi connectivity index (χ0n) is 7.53. The monoisotopic (exact) mass is 179 g/mol. The summed E-state index contributed by atoms with van der Waals surface area (Å²) in [6, 6.07) is 7.33. The summed E-state index contributed by atoms with van der Waals surface area (Å²) in [7, 11) is 0. The number of nitrogens with two attached hydrogens (primary N) is 2. The summed E-state index contributed by atoms with van der Waals surface area (Å²) in [4.78, 5) is 0. The minimum atomic E-state index is 0.307. The summed E-state index contributed by atoms with van der Waals surface area (Å²) >= 11 is 0. The molecule has 1 aromatic rings. The van der Waals surface area contributed by atoms with Crippen LogP contribution in [0.1, 0.15) is 12.5 Å². The van der Waals surface area contributed by atoms with Crippen molar-refractivity contribution in [2.75, 3.05) is 6.61 Å². The Balaban J connectivity index is 2.91. The molecule has 0 spiro atoms. The van der Waals surface area contributed by atoms with Gasteiger partial charge in [0.2, 0.25) is 0 Å².